The molecule has 0 bridgehead atoms. The van der Waals surface area contributed by atoms with Crippen molar-refractivity contribution >= 4 is 23.4 Å². The van der Waals surface area contributed by atoms with Gasteiger partial charge in [0, 0.05) is 12.7 Å². The Bertz CT molecular complexity index is 582. The second-order valence-electron chi connectivity index (χ2n) is 4.20. The molecule has 2 aromatic rings. The number of benzene rings is 1. The van der Waals surface area contributed by atoms with Gasteiger partial charge in [0.15, 0.2) is 5.16 Å². The lowest BCUT2D eigenvalue weighted by Gasteiger charge is -2.11. The first-order valence-corrected chi connectivity index (χ1v) is 6.93. The SMILES string of the molecule is COc1ccc(NC(=O)C(C)Sc2nncn2C)cc1. The fourth-order valence-corrected chi connectivity index (χ4v) is 2.30. The third-order valence-corrected chi connectivity index (χ3v) is 3.83. The topological polar surface area (TPSA) is 69.0 Å². The van der Waals surface area contributed by atoms with E-state index in [1.807, 2.05) is 14.0 Å². The van der Waals surface area contributed by atoms with Crippen LogP contribution in [0.4, 0.5) is 5.69 Å². The van der Waals surface area contributed by atoms with Gasteiger partial charge in [0.1, 0.15) is 12.1 Å². The average molecular weight is 292 g/mol. The summed E-state index contributed by atoms with van der Waals surface area (Å²) in [7, 11) is 3.45. The lowest BCUT2D eigenvalue weighted by atomic mass is 10.3. The second kappa shape index (κ2) is 6.42. The van der Waals surface area contributed by atoms with Crippen LogP contribution in [0.15, 0.2) is 35.7 Å². The van der Waals surface area contributed by atoms with Crippen molar-refractivity contribution in [2.45, 2.75) is 17.3 Å². The van der Waals surface area contributed by atoms with Gasteiger partial charge in [0.05, 0.1) is 12.4 Å². The number of nitrogens with one attached hydrogen (secondary N) is 1. The minimum Gasteiger partial charge on any atom is -0.497 e. The highest BCUT2D eigenvalue weighted by molar-refractivity contribution is 8.00. The third-order valence-electron chi connectivity index (χ3n) is 2.68. The summed E-state index contributed by atoms with van der Waals surface area (Å²) in [4.78, 5) is 12.1. The molecule has 1 amide bonds. The molecule has 1 aromatic heterocycles. The summed E-state index contributed by atoms with van der Waals surface area (Å²) >= 11 is 1.36. The predicted octanol–water partition coefficient (Wildman–Crippen LogP) is 1.94. The van der Waals surface area contributed by atoms with Crippen LogP contribution in [0.25, 0.3) is 0 Å². The lowest BCUT2D eigenvalue weighted by Crippen LogP contribution is -2.22. The molecule has 1 aromatic carbocycles. The van der Waals surface area contributed by atoms with Crippen LogP contribution >= 0.6 is 11.8 Å². The Balaban J connectivity index is 1.95. The zero-order valence-electron chi connectivity index (χ0n) is 11.5. The van der Waals surface area contributed by atoms with Crippen LogP contribution in [0.3, 0.4) is 0 Å². The zero-order valence-corrected chi connectivity index (χ0v) is 12.3. The summed E-state index contributed by atoms with van der Waals surface area (Å²) in [6, 6.07) is 7.21. The molecule has 6 nitrogen and oxygen atoms in total. The molecule has 1 unspecified atom stereocenters. The van der Waals surface area contributed by atoms with Crippen LogP contribution < -0.4 is 10.1 Å². The number of hydrogen-bond donors (Lipinski definition) is 1. The van der Waals surface area contributed by atoms with Crippen LogP contribution in [0.1, 0.15) is 6.92 Å². The van der Waals surface area contributed by atoms with Gasteiger partial charge < -0.3 is 14.6 Å². The summed E-state index contributed by atoms with van der Waals surface area (Å²) in [6.45, 7) is 1.83. The number of rotatable bonds is 5. The first-order valence-electron chi connectivity index (χ1n) is 6.05. The van der Waals surface area contributed by atoms with Gasteiger partial charge in [-0.15, -0.1) is 10.2 Å². The molecule has 0 aliphatic rings. The molecule has 0 aliphatic carbocycles. The Morgan fingerprint density at radius 3 is 2.65 bits per heavy atom. The largest absolute Gasteiger partial charge is 0.497 e. The van der Waals surface area contributed by atoms with E-state index in [-0.39, 0.29) is 11.2 Å². The Morgan fingerprint density at radius 1 is 1.40 bits per heavy atom. The Hall–Kier alpha value is -2.02. The zero-order chi connectivity index (χ0) is 14.5. The highest BCUT2D eigenvalue weighted by atomic mass is 32.2. The molecule has 0 spiro atoms. The summed E-state index contributed by atoms with van der Waals surface area (Å²) in [6.07, 6.45) is 1.61. The highest BCUT2D eigenvalue weighted by Crippen LogP contribution is 2.22. The van der Waals surface area contributed by atoms with Gasteiger partial charge in [-0.25, -0.2) is 0 Å². The molecule has 0 saturated heterocycles. The van der Waals surface area contributed by atoms with Crippen molar-refractivity contribution in [3.05, 3.63) is 30.6 Å². The maximum absolute atomic E-state index is 12.1. The number of carbonyl (C=O) groups excluding carboxylic acids is 1. The number of carbonyl (C=O) groups is 1. The molecule has 2 rings (SSSR count). The predicted molar refractivity (Wildman–Crippen MR) is 77.9 cm³/mol. The van der Waals surface area contributed by atoms with E-state index in [0.29, 0.717) is 5.16 Å². The van der Waals surface area contributed by atoms with Gasteiger partial charge in [-0.05, 0) is 31.2 Å². The van der Waals surface area contributed by atoms with E-state index in [1.165, 1.54) is 11.8 Å². The van der Waals surface area contributed by atoms with Gasteiger partial charge in [0.25, 0.3) is 0 Å². The standard InChI is InChI=1S/C13H16N4O2S/c1-9(20-13-16-14-8-17(13)2)12(18)15-10-4-6-11(19-3)7-5-10/h4-9H,1-3H3,(H,15,18). The normalized spacial score (nSPS) is 11.9. The fraction of sp³-hybridized carbons (Fsp3) is 0.308. The molecule has 20 heavy (non-hydrogen) atoms. The van der Waals surface area contributed by atoms with Crippen LogP contribution in [0, 0.1) is 0 Å². The van der Waals surface area contributed by atoms with Gasteiger partial charge >= 0.3 is 0 Å². The number of nitrogens with zero attached hydrogens (tertiary/aromatic N) is 3. The number of ether oxygens (including phenoxy) is 1. The minimum atomic E-state index is -0.264. The fourth-order valence-electron chi connectivity index (χ4n) is 1.51. The Kier molecular flexibility index (Phi) is 4.62. The summed E-state index contributed by atoms with van der Waals surface area (Å²) in [5.41, 5.74) is 0.737. The maximum atomic E-state index is 12.1. The van der Waals surface area contributed by atoms with Crippen molar-refractivity contribution in [2.24, 2.45) is 7.05 Å². The van der Waals surface area contributed by atoms with Crippen molar-refractivity contribution in [1.82, 2.24) is 14.8 Å². The Labute approximate surface area is 121 Å². The summed E-state index contributed by atoms with van der Waals surface area (Å²) in [5, 5.41) is 11.0. The van der Waals surface area contributed by atoms with Crippen LogP contribution in [0.2, 0.25) is 0 Å². The number of aromatic nitrogens is 3. The molecule has 1 heterocycles. The van der Waals surface area contributed by atoms with E-state index in [0.717, 1.165) is 11.4 Å². The first-order chi connectivity index (χ1) is 9.60. The molecule has 1 N–H and O–H groups in total. The Morgan fingerprint density at radius 2 is 2.10 bits per heavy atom. The molecule has 0 saturated carbocycles. The number of hydrogen-bond acceptors (Lipinski definition) is 5. The van der Waals surface area contributed by atoms with Crippen molar-refractivity contribution in [2.75, 3.05) is 12.4 Å². The molecule has 0 radical (unpaired) electrons. The smallest absolute Gasteiger partial charge is 0.237 e. The highest BCUT2D eigenvalue weighted by Gasteiger charge is 2.17. The molecular formula is C13H16N4O2S. The summed E-state index contributed by atoms with van der Waals surface area (Å²) < 4.78 is 6.85. The van der Waals surface area contributed by atoms with Crippen molar-refractivity contribution < 1.29 is 9.53 Å². The van der Waals surface area contributed by atoms with E-state index >= 15 is 0 Å². The monoisotopic (exact) mass is 292 g/mol. The van der Waals surface area contributed by atoms with Crippen molar-refractivity contribution in [1.29, 1.82) is 0 Å². The third kappa shape index (κ3) is 3.51. The molecular weight excluding hydrogens is 276 g/mol. The number of thioether (sulfide) groups is 1. The summed E-state index contributed by atoms with van der Waals surface area (Å²) in [5.74, 6) is 0.674. The number of methoxy groups -OCH3 is 1. The van der Waals surface area contributed by atoms with E-state index in [9.17, 15) is 4.79 Å². The minimum absolute atomic E-state index is 0.0804. The lowest BCUT2D eigenvalue weighted by molar-refractivity contribution is -0.115. The first kappa shape index (κ1) is 14.4. The molecule has 0 aliphatic heterocycles. The van der Waals surface area contributed by atoms with E-state index in [2.05, 4.69) is 15.5 Å². The van der Waals surface area contributed by atoms with Crippen molar-refractivity contribution in [3.63, 3.8) is 0 Å². The van der Waals surface area contributed by atoms with Crippen molar-refractivity contribution in [3.8, 4) is 5.75 Å². The van der Waals surface area contributed by atoms with Gasteiger partial charge in [-0.1, -0.05) is 11.8 Å². The van der Waals surface area contributed by atoms with E-state index in [1.54, 1.807) is 42.3 Å². The van der Waals surface area contributed by atoms with Crippen LogP contribution in [-0.4, -0.2) is 33.0 Å². The maximum Gasteiger partial charge on any atom is 0.237 e. The van der Waals surface area contributed by atoms with E-state index in [4.69, 9.17) is 4.74 Å². The molecule has 106 valence electrons. The number of aryl methyl sites for hydroxylation is 1. The molecule has 1 atom stereocenters. The van der Waals surface area contributed by atoms with Gasteiger partial charge in [-0.3, -0.25) is 4.79 Å². The molecule has 0 fully saturated rings. The van der Waals surface area contributed by atoms with Gasteiger partial charge in [0.2, 0.25) is 5.91 Å². The van der Waals surface area contributed by atoms with Gasteiger partial charge in [-0.2, -0.15) is 0 Å². The number of amides is 1. The molecule has 7 heteroatoms. The quantitative estimate of drug-likeness (QED) is 0.853. The number of anilines is 1. The van der Waals surface area contributed by atoms with Crippen LogP contribution in [0.5, 0.6) is 5.75 Å². The van der Waals surface area contributed by atoms with E-state index < -0.39 is 0 Å². The second-order valence-corrected chi connectivity index (χ2v) is 5.51. The van der Waals surface area contributed by atoms with Crippen LogP contribution in [-0.2, 0) is 11.8 Å². The average Bonchev–Trinajstić information content (AvgIpc) is 2.85.